The quantitative estimate of drug-likeness (QED) is 0.688. The lowest BCUT2D eigenvalue weighted by Gasteiger charge is -2.31. The van der Waals surface area contributed by atoms with Crippen LogP contribution in [0.15, 0.2) is 23.6 Å². The van der Waals surface area contributed by atoms with E-state index < -0.39 is 10.0 Å². The molecule has 0 saturated carbocycles. The lowest BCUT2D eigenvalue weighted by molar-refractivity contribution is -0.128. The third-order valence-corrected chi connectivity index (χ3v) is 5.07. The Kier molecular flexibility index (Phi) is 5.05. The summed E-state index contributed by atoms with van der Waals surface area (Å²) < 4.78 is 24.0. The van der Waals surface area contributed by atoms with Gasteiger partial charge in [-0.15, -0.1) is 0 Å². The number of nitrogens with zero attached hydrogens (tertiary/aromatic N) is 2. The molecule has 0 unspecified atom stereocenters. The topological polar surface area (TPSA) is 57.7 Å². The summed E-state index contributed by atoms with van der Waals surface area (Å²) in [6.45, 7) is 13.1. The highest BCUT2D eigenvalue weighted by molar-refractivity contribution is 7.92. The van der Waals surface area contributed by atoms with Gasteiger partial charge in [0.25, 0.3) is 0 Å². The smallest absolute Gasteiger partial charge is 0.247 e. The van der Waals surface area contributed by atoms with Crippen LogP contribution in [0.25, 0.3) is 0 Å². The van der Waals surface area contributed by atoms with Gasteiger partial charge in [0.15, 0.2) is 0 Å². The molecule has 0 spiro atoms. The first-order valence-electron chi connectivity index (χ1n) is 7.03. The third kappa shape index (κ3) is 4.68. The molecule has 2 aliphatic heterocycles. The molecule has 2 heterocycles. The fourth-order valence-electron chi connectivity index (χ4n) is 2.14. The normalized spacial score (nSPS) is 21.6. The zero-order valence-electron chi connectivity index (χ0n) is 13.8. The van der Waals surface area contributed by atoms with Crippen molar-refractivity contribution < 1.29 is 13.2 Å². The van der Waals surface area contributed by atoms with Crippen LogP contribution in [0.2, 0.25) is 0 Å². The molecule has 0 aromatic rings. The number of carbonyl (C=O) groups excluding carboxylic acids is 1. The summed E-state index contributed by atoms with van der Waals surface area (Å²) in [5.41, 5.74) is -0.330. The van der Waals surface area contributed by atoms with Gasteiger partial charge in [-0.2, -0.15) is 4.31 Å². The Morgan fingerprint density at radius 1 is 0.952 bits per heavy atom. The molecule has 21 heavy (non-hydrogen) atoms. The van der Waals surface area contributed by atoms with Crippen molar-refractivity contribution in [2.45, 2.75) is 52.6 Å². The van der Waals surface area contributed by atoms with Crippen LogP contribution in [0.4, 0.5) is 0 Å². The van der Waals surface area contributed by atoms with E-state index in [1.54, 1.807) is 12.2 Å². The molecule has 0 fully saturated rings. The Morgan fingerprint density at radius 3 is 1.71 bits per heavy atom. The van der Waals surface area contributed by atoms with Crippen LogP contribution in [0.1, 0.15) is 41.5 Å². The van der Waals surface area contributed by atoms with Crippen LogP contribution < -0.4 is 0 Å². The Morgan fingerprint density at radius 2 is 1.52 bits per heavy atom. The van der Waals surface area contributed by atoms with E-state index in [1.807, 2.05) is 52.5 Å². The van der Waals surface area contributed by atoms with E-state index in [0.29, 0.717) is 6.54 Å². The molecule has 0 saturated heterocycles. The minimum absolute atomic E-state index is 0.0272. The number of rotatable bonds is 0. The summed E-state index contributed by atoms with van der Waals surface area (Å²) in [5.74, 6) is 0.132. The van der Waals surface area contributed by atoms with Crippen molar-refractivity contribution in [3.05, 3.63) is 23.6 Å². The maximum atomic E-state index is 11.2. The van der Waals surface area contributed by atoms with Crippen molar-refractivity contribution in [2.24, 2.45) is 0 Å². The largest absolute Gasteiger partial charge is 0.331 e. The van der Waals surface area contributed by atoms with Crippen molar-refractivity contribution in [1.29, 1.82) is 0 Å². The van der Waals surface area contributed by atoms with E-state index >= 15 is 0 Å². The zero-order chi connectivity index (χ0) is 16.5. The standard InChI is InChI=1S/C8H13NO.C7H13NO2S/c1-8(2,3)9-6-4-5-7(9)10;1-7(2,3)8-5-4-6-11(8,9)10/h4-5H,6H2,1-3H3;4,6H,5H2,1-3H3. The molecule has 1 amide bonds. The van der Waals surface area contributed by atoms with Gasteiger partial charge in [0.1, 0.15) is 0 Å². The van der Waals surface area contributed by atoms with E-state index in [-0.39, 0.29) is 17.0 Å². The number of hydrogen-bond donors (Lipinski definition) is 0. The molecule has 0 aromatic carbocycles. The highest BCUT2D eigenvalue weighted by Crippen LogP contribution is 2.22. The van der Waals surface area contributed by atoms with Gasteiger partial charge in [0.2, 0.25) is 15.9 Å². The highest BCUT2D eigenvalue weighted by Gasteiger charge is 2.32. The van der Waals surface area contributed by atoms with Gasteiger partial charge in [0, 0.05) is 35.7 Å². The van der Waals surface area contributed by atoms with E-state index in [2.05, 4.69) is 0 Å². The van der Waals surface area contributed by atoms with Gasteiger partial charge in [-0.3, -0.25) is 4.79 Å². The van der Waals surface area contributed by atoms with E-state index in [9.17, 15) is 13.2 Å². The molecule has 2 aliphatic rings. The second-order valence-corrected chi connectivity index (χ2v) is 8.88. The van der Waals surface area contributed by atoms with Gasteiger partial charge in [-0.25, -0.2) is 8.42 Å². The Balaban J connectivity index is 0.000000211. The summed E-state index contributed by atoms with van der Waals surface area (Å²) in [5, 5.41) is 1.26. The van der Waals surface area contributed by atoms with Crippen molar-refractivity contribution in [3.8, 4) is 0 Å². The first-order chi connectivity index (χ1) is 9.36. The second kappa shape index (κ2) is 5.93. The summed E-state index contributed by atoms with van der Waals surface area (Å²) in [4.78, 5) is 12.9. The lowest BCUT2D eigenvalue weighted by atomic mass is 10.1. The molecular formula is C15H26N2O3S. The summed E-state index contributed by atoms with van der Waals surface area (Å²) in [6, 6.07) is 0. The van der Waals surface area contributed by atoms with Crippen molar-refractivity contribution in [3.63, 3.8) is 0 Å². The van der Waals surface area contributed by atoms with E-state index in [0.717, 1.165) is 6.54 Å². The van der Waals surface area contributed by atoms with Gasteiger partial charge >= 0.3 is 0 Å². The predicted molar refractivity (Wildman–Crippen MR) is 85.1 cm³/mol. The number of amides is 1. The third-order valence-electron chi connectivity index (χ3n) is 3.22. The maximum absolute atomic E-state index is 11.2. The predicted octanol–water partition coefficient (Wildman–Crippen LogP) is 2.13. The van der Waals surface area contributed by atoms with Crippen LogP contribution >= 0.6 is 0 Å². The van der Waals surface area contributed by atoms with Gasteiger partial charge in [-0.05, 0) is 41.5 Å². The fourth-order valence-corrected chi connectivity index (χ4v) is 3.67. The molecule has 5 nitrogen and oxygen atoms in total. The molecular weight excluding hydrogens is 288 g/mol. The van der Waals surface area contributed by atoms with E-state index in [4.69, 9.17) is 0 Å². The number of hydrogen-bond acceptors (Lipinski definition) is 3. The fraction of sp³-hybridized carbons (Fsp3) is 0.667. The average Bonchev–Trinajstić information content (AvgIpc) is 2.82. The van der Waals surface area contributed by atoms with Crippen molar-refractivity contribution in [1.82, 2.24) is 9.21 Å². The number of carbonyl (C=O) groups is 1. The SMILES string of the molecule is CC(C)(C)N1CC=CC1=O.CC(C)(C)N1CC=CS1(=O)=O. The Bertz CT molecular complexity index is 548. The minimum atomic E-state index is -3.09. The van der Waals surface area contributed by atoms with Crippen LogP contribution in [-0.2, 0) is 14.8 Å². The molecule has 0 atom stereocenters. The zero-order valence-corrected chi connectivity index (χ0v) is 14.6. The molecule has 0 bridgehead atoms. The molecule has 0 N–H and O–H groups in total. The summed E-state index contributed by atoms with van der Waals surface area (Å²) in [7, 11) is -3.09. The maximum Gasteiger partial charge on any atom is 0.247 e. The summed E-state index contributed by atoms with van der Waals surface area (Å²) in [6.07, 6.45) is 5.19. The van der Waals surface area contributed by atoms with Crippen LogP contribution in [-0.4, -0.2) is 47.7 Å². The first kappa shape index (κ1) is 17.9. The van der Waals surface area contributed by atoms with Gasteiger partial charge in [0.05, 0.1) is 0 Å². The van der Waals surface area contributed by atoms with Crippen molar-refractivity contribution in [2.75, 3.05) is 13.1 Å². The monoisotopic (exact) mass is 314 g/mol. The first-order valence-corrected chi connectivity index (χ1v) is 8.53. The van der Waals surface area contributed by atoms with Gasteiger partial charge < -0.3 is 4.90 Å². The van der Waals surface area contributed by atoms with Gasteiger partial charge in [-0.1, -0.05) is 12.2 Å². The van der Waals surface area contributed by atoms with Crippen LogP contribution in [0, 0.1) is 0 Å². The molecule has 6 heteroatoms. The van der Waals surface area contributed by atoms with Crippen molar-refractivity contribution >= 4 is 15.9 Å². The molecule has 0 aliphatic carbocycles. The average molecular weight is 314 g/mol. The molecule has 120 valence electrons. The molecule has 2 rings (SSSR count). The van der Waals surface area contributed by atoms with Crippen LogP contribution in [0.5, 0.6) is 0 Å². The second-order valence-electron chi connectivity index (χ2n) is 7.14. The minimum Gasteiger partial charge on any atom is -0.331 e. The Labute approximate surface area is 128 Å². The Hall–Kier alpha value is -1.14. The number of sulfonamides is 1. The van der Waals surface area contributed by atoms with E-state index in [1.165, 1.54) is 9.71 Å². The van der Waals surface area contributed by atoms with Crippen LogP contribution in [0.3, 0.4) is 0 Å². The highest BCUT2D eigenvalue weighted by atomic mass is 32.2. The molecule has 0 radical (unpaired) electrons. The lowest BCUT2D eigenvalue weighted by Crippen LogP contribution is -2.42. The molecule has 0 aromatic heterocycles. The summed E-state index contributed by atoms with van der Waals surface area (Å²) >= 11 is 0.